The first-order valence-electron chi connectivity index (χ1n) is 8.81. The quantitative estimate of drug-likeness (QED) is 0.578. The molecule has 1 heterocycles. The molecule has 1 aromatic heterocycles. The van der Waals surface area contributed by atoms with Gasteiger partial charge in [-0.3, -0.25) is 4.79 Å². The van der Waals surface area contributed by atoms with Crippen LogP contribution in [0.25, 0.3) is 0 Å². The second kappa shape index (κ2) is 8.41. The third kappa shape index (κ3) is 4.53. The van der Waals surface area contributed by atoms with Crippen LogP contribution in [0.3, 0.4) is 0 Å². The van der Waals surface area contributed by atoms with Gasteiger partial charge in [-0.05, 0) is 35.9 Å². The summed E-state index contributed by atoms with van der Waals surface area (Å²) in [6.45, 7) is 0. The van der Waals surface area contributed by atoms with Crippen LogP contribution in [0.1, 0.15) is 32.6 Å². The van der Waals surface area contributed by atoms with Gasteiger partial charge in [0.05, 0.1) is 17.8 Å². The van der Waals surface area contributed by atoms with Crippen molar-refractivity contribution < 1.29 is 17.9 Å². The number of rotatable bonds is 7. The molecule has 0 saturated carbocycles. The maximum atomic E-state index is 13.0. The van der Waals surface area contributed by atoms with Gasteiger partial charge in [0.15, 0.2) is 0 Å². The van der Waals surface area contributed by atoms with Gasteiger partial charge in [0, 0.05) is 24.7 Å². The molecule has 6 nitrogen and oxygen atoms in total. The van der Waals surface area contributed by atoms with E-state index in [0.29, 0.717) is 28.3 Å². The smallest absolute Gasteiger partial charge is 0.216 e. The van der Waals surface area contributed by atoms with Crippen LogP contribution in [0.4, 0.5) is 0 Å². The zero-order chi connectivity index (χ0) is 21.2. The number of sulfonamides is 1. The average molecular weight is 433 g/mol. The van der Waals surface area contributed by atoms with Gasteiger partial charge in [-0.15, -0.1) is 0 Å². The second-order valence-corrected chi connectivity index (χ2v) is 8.79. The number of hydrogen-bond donors (Lipinski definition) is 1. The predicted molar refractivity (Wildman–Crippen MR) is 113 cm³/mol. The van der Waals surface area contributed by atoms with Gasteiger partial charge in [0.2, 0.25) is 15.8 Å². The van der Waals surface area contributed by atoms with Crippen molar-refractivity contribution in [1.29, 1.82) is 0 Å². The van der Waals surface area contributed by atoms with Crippen molar-refractivity contribution in [3.05, 3.63) is 88.2 Å². The van der Waals surface area contributed by atoms with Crippen LogP contribution in [0.5, 0.6) is 5.75 Å². The summed E-state index contributed by atoms with van der Waals surface area (Å²) >= 11 is 6.23. The van der Waals surface area contributed by atoms with Crippen LogP contribution in [0.15, 0.2) is 60.7 Å². The summed E-state index contributed by atoms with van der Waals surface area (Å²) in [6.07, 6.45) is 0.142. The van der Waals surface area contributed by atoms with E-state index in [1.807, 2.05) is 6.07 Å². The van der Waals surface area contributed by atoms with Crippen molar-refractivity contribution in [2.24, 2.45) is 12.2 Å². The lowest BCUT2D eigenvalue weighted by molar-refractivity contribution is 0.103. The topological polar surface area (TPSA) is 91.4 Å². The molecule has 3 aromatic rings. The van der Waals surface area contributed by atoms with Crippen molar-refractivity contribution in [1.82, 2.24) is 4.57 Å². The fourth-order valence-electron chi connectivity index (χ4n) is 3.21. The molecule has 8 heteroatoms. The molecular formula is C21H21ClN2O4S. The molecule has 0 bridgehead atoms. The Morgan fingerprint density at radius 1 is 1.14 bits per heavy atom. The number of benzene rings is 2. The summed E-state index contributed by atoms with van der Waals surface area (Å²) in [4.78, 5) is 13.0. The zero-order valence-corrected chi connectivity index (χ0v) is 17.6. The number of primary sulfonamides is 1. The van der Waals surface area contributed by atoms with Crippen LogP contribution < -0.4 is 9.88 Å². The van der Waals surface area contributed by atoms with Gasteiger partial charge in [0.25, 0.3) is 0 Å². The number of aromatic nitrogens is 1. The van der Waals surface area contributed by atoms with E-state index in [-0.39, 0.29) is 17.2 Å². The van der Waals surface area contributed by atoms with Crippen LogP contribution in [-0.4, -0.2) is 25.9 Å². The Kier molecular flexibility index (Phi) is 6.12. The molecule has 3 rings (SSSR count). The lowest BCUT2D eigenvalue weighted by atomic mass is 10.1. The Labute approximate surface area is 174 Å². The number of halogens is 1. The van der Waals surface area contributed by atoms with Gasteiger partial charge in [-0.2, -0.15) is 0 Å². The molecule has 0 aliphatic heterocycles. The van der Waals surface area contributed by atoms with Crippen molar-refractivity contribution >= 4 is 27.4 Å². The molecule has 2 aromatic carbocycles. The summed E-state index contributed by atoms with van der Waals surface area (Å²) in [7, 11) is -0.611. The Bertz CT molecular complexity index is 1140. The van der Waals surface area contributed by atoms with Crippen LogP contribution >= 0.6 is 11.6 Å². The number of nitrogens with zero attached hydrogens (tertiary/aromatic N) is 1. The second-order valence-electron chi connectivity index (χ2n) is 6.64. The van der Waals surface area contributed by atoms with Gasteiger partial charge >= 0.3 is 0 Å². The van der Waals surface area contributed by atoms with Gasteiger partial charge < -0.3 is 9.30 Å². The van der Waals surface area contributed by atoms with Gasteiger partial charge in [0.1, 0.15) is 11.0 Å². The maximum absolute atomic E-state index is 13.0. The number of methoxy groups -OCH3 is 1. The number of hydrogen-bond acceptors (Lipinski definition) is 4. The first kappa shape index (κ1) is 21.1. The summed E-state index contributed by atoms with van der Waals surface area (Å²) in [5, 5.41) is 4.85. The zero-order valence-electron chi connectivity index (χ0n) is 16.0. The number of nitrogens with two attached hydrogens (primary N) is 1. The summed E-state index contributed by atoms with van der Waals surface area (Å²) in [5.41, 5.74) is 2.00. The number of ether oxygens (including phenoxy) is 1. The fourth-order valence-corrected chi connectivity index (χ4v) is 4.41. The average Bonchev–Trinajstić information content (AvgIpc) is 3.05. The molecule has 0 radical (unpaired) electrons. The first-order valence-corrected chi connectivity index (χ1v) is 10.8. The highest BCUT2D eigenvalue weighted by Crippen LogP contribution is 2.28. The van der Waals surface area contributed by atoms with Crippen molar-refractivity contribution in [2.75, 3.05) is 7.11 Å². The third-order valence-electron chi connectivity index (χ3n) is 4.84. The molecule has 0 amide bonds. The van der Waals surface area contributed by atoms with Crippen molar-refractivity contribution in [3.8, 4) is 5.75 Å². The number of carbonyl (C=O) groups is 1. The molecular weight excluding hydrogens is 412 g/mol. The van der Waals surface area contributed by atoms with Crippen molar-refractivity contribution in [3.63, 3.8) is 0 Å². The molecule has 0 aliphatic rings. The minimum Gasteiger partial charge on any atom is -0.497 e. The van der Waals surface area contributed by atoms with E-state index in [2.05, 4.69) is 0 Å². The highest BCUT2D eigenvalue weighted by Gasteiger charge is 2.26. The molecule has 2 N–H and O–H groups in total. The minimum atomic E-state index is -3.84. The highest BCUT2D eigenvalue weighted by molar-refractivity contribution is 7.89. The van der Waals surface area contributed by atoms with E-state index in [1.165, 1.54) is 7.11 Å². The largest absolute Gasteiger partial charge is 0.497 e. The van der Waals surface area contributed by atoms with Crippen LogP contribution in [0, 0.1) is 0 Å². The monoisotopic (exact) mass is 432 g/mol. The highest BCUT2D eigenvalue weighted by atomic mass is 35.5. The van der Waals surface area contributed by atoms with Gasteiger partial charge in [-0.1, -0.05) is 41.9 Å². The summed E-state index contributed by atoms with van der Waals surface area (Å²) in [5.74, 6) is 0.288. The lowest BCUT2D eigenvalue weighted by Crippen LogP contribution is -2.24. The summed E-state index contributed by atoms with van der Waals surface area (Å²) in [6, 6.07) is 17.0. The molecule has 152 valence electrons. The Hall–Kier alpha value is -2.61. The molecule has 0 aliphatic carbocycles. The van der Waals surface area contributed by atoms with Gasteiger partial charge in [-0.25, -0.2) is 13.6 Å². The number of ketones is 1. The minimum absolute atomic E-state index is 0.142. The predicted octanol–water partition coefficient (Wildman–Crippen LogP) is 3.49. The van der Waals surface area contributed by atoms with E-state index in [0.717, 1.165) is 0 Å². The number of carbonyl (C=O) groups excluding carboxylic acids is 1. The first-order chi connectivity index (χ1) is 13.7. The molecule has 0 spiro atoms. The Balaban J connectivity index is 1.93. The molecule has 1 atom stereocenters. The third-order valence-corrected chi connectivity index (χ3v) is 6.39. The molecule has 29 heavy (non-hydrogen) atoms. The maximum Gasteiger partial charge on any atom is 0.216 e. The van der Waals surface area contributed by atoms with E-state index in [1.54, 1.807) is 66.2 Å². The van der Waals surface area contributed by atoms with E-state index < -0.39 is 15.3 Å². The van der Waals surface area contributed by atoms with Crippen LogP contribution in [0.2, 0.25) is 5.02 Å². The Morgan fingerprint density at radius 2 is 1.83 bits per heavy atom. The molecule has 0 saturated heterocycles. The standard InChI is InChI=1S/C21H21ClN2O4S/c1-24-15(12-20(29(23,26)27)14-6-4-3-5-7-14)8-11-19(24)21(25)17-10-9-16(28-2)13-18(17)22/h3-11,13,20H,12H2,1-2H3,(H2,23,26,27). The summed E-state index contributed by atoms with van der Waals surface area (Å²) < 4.78 is 31.2. The van der Waals surface area contributed by atoms with Crippen molar-refractivity contribution in [2.45, 2.75) is 11.7 Å². The van der Waals surface area contributed by atoms with Crippen LogP contribution in [-0.2, 0) is 23.5 Å². The van der Waals surface area contributed by atoms with E-state index in [9.17, 15) is 13.2 Å². The normalized spacial score (nSPS) is 12.6. The molecule has 0 fully saturated rings. The van der Waals surface area contributed by atoms with E-state index in [4.69, 9.17) is 21.5 Å². The van der Waals surface area contributed by atoms with E-state index >= 15 is 0 Å². The molecule has 1 unspecified atom stereocenters. The fraction of sp³-hybridized carbons (Fsp3) is 0.190. The lowest BCUT2D eigenvalue weighted by Gasteiger charge is -2.16. The SMILES string of the molecule is COc1ccc(C(=O)c2ccc(CC(c3ccccc3)S(N)(=O)=O)n2C)c(Cl)c1. The Morgan fingerprint density at radius 3 is 2.41 bits per heavy atom.